The van der Waals surface area contributed by atoms with E-state index in [1.54, 1.807) is 23.5 Å². The van der Waals surface area contributed by atoms with Crippen LogP contribution in [0.2, 0.25) is 10.0 Å². The van der Waals surface area contributed by atoms with Crippen LogP contribution in [0.25, 0.3) is 21.7 Å². The Morgan fingerprint density at radius 1 is 1.25 bits per heavy atom. The molecule has 0 aliphatic heterocycles. The molecule has 3 rings (SSSR count). The van der Waals surface area contributed by atoms with Gasteiger partial charge in [0.15, 0.2) is 0 Å². The normalized spacial score (nSPS) is 10.9. The molecule has 2 heterocycles. The van der Waals surface area contributed by atoms with Crippen LogP contribution in [0, 0.1) is 6.92 Å². The Bertz CT molecular complexity index is 779. The maximum atomic E-state index is 6.26. The van der Waals surface area contributed by atoms with Crippen LogP contribution in [-0.2, 0) is 0 Å². The number of aromatic nitrogens is 1. The van der Waals surface area contributed by atoms with E-state index < -0.39 is 0 Å². The molecule has 0 amide bonds. The summed E-state index contributed by atoms with van der Waals surface area (Å²) in [7, 11) is 0. The number of rotatable bonds is 2. The second kappa shape index (κ2) is 5.13. The number of halogens is 2. The minimum absolute atomic E-state index is 0.247. The van der Waals surface area contributed by atoms with Gasteiger partial charge in [0, 0.05) is 10.6 Å². The summed E-state index contributed by atoms with van der Waals surface area (Å²) in [6.45, 7) is 2.02. The Hall–Kier alpha value is -1.49. The summed E-state index contributed by atoms with van der Waals surface area (Å²) in [6, 6.07) is 7.29. The fourth-order valence-electron chi connectivity index (χ4n) is 2.03. The largest absolute Gasteiger partial charge is 0.367 e. The first kappa shape index (κ1) is 13.5. The van der Waals surface area contributed by atoms with Gasteiger partial charge >= 0.3 is 0 Å². The Morgan fingerprint density at radius 3 is 2.70 bits per heavy atom. The van der Waals surface area contributed by atoms with Crippen molar-refractivity contribution in [3.05, 3.63) is 45.3 Å². The third-order valence-corrected chi connectivity index (χ3v) is 4.57. The molecule has 0 fully saturated rings. The molecule has 0 unspecified atom stereocenters. The van der Waals surface area contributed by atoms with Crippen molar-refractivity contribution in [2.75, 3.05) is 5.73 Å². The van der Waals surface area contributed by atoms with Crippen LogP contribution in [0.15, 0.2) is 34.2 Å². The van der Waals surface area contributed by atoms with Crippen LogP contribution in [0.5, 0.6) is 0 Å². The maximum absolute atomic E-state index is 6.26. The van der Waals surface area contributed by atoms with E-state index in [4.69, 9.17) is 33.5 Å². The number of aryl methyl sites for hydroxylation is 1. The number of nitrogen functional groups attached to an aromatic ring is 1. The van der Waals surface area contributed by atoms with Gasteiger partial charge in [-0.05, 0) is 36.1 Å². The molecular formula is C14H10Cl2N2OS. The average Bonchev–Trinajstić information content (AvgIpc) is 2.96. The average molecular weight is 325 g/mol. The maximum Gasteiger partial charge on any atom is 0.230 e. The standard InChI is InChI=1S/C14H10Cl2N2OS/c1-7-4-5-20-13(7)12-11(14(17)19-18-12)9-3-2-8(15)6-10(9)16/h2-6H,17H2,1H3. The molecule has 3 aromatic rings. The van der Waals surface area contributed by atoms with Gasteiger partial charge in [0.1, 0.15) is 5.69 Å². The second-order valence-electron chi connectivity index (χ2n) is 4.33. The van der Waals surface area contributed by atoms with E-state index >= 15 is 0 Å². The predicted octanol–water partition coefficient (Wildman–Crippen LogP) is 5.27. The highest BCUT2D eigenvalue weighted by molar-refractivity contribution is 7.13. The number of hydrogen-bond acceptors (Lipinski definition) is 4. The first-order valence-electron chi connectivity index (χ1n) is 5.83. The topological polar surface area (TPSA) is 52.0 Å². The summed E-state index contributed by atoms with van der Waals surface area (Å²) < 4.78 is 5.16. The molecule has 3 nitrogen and oxygen atoms in total. The highest BCUT2D eigenvalue weighted by atomic mass is 35.5. The highest BCUT2D eigenvalue weighted by Crippen LogP contribution is 2.42. The van der Waals surface area contributed by atoms with Crippen molar-refractivity contribution >= 4 is 40.4 Å². The first-order chi connectivity index (χ1) is 9.58. The lowest BCUT2D eigenvalue weighted by Gasteiger charge is -2.05. The molecule has 20 heavy (non-hydrogen) atoms. The van der Waals surface area contributed by atoms with Crippen molar-refractivity contribution in [2.45, 2.75) is 6.92 Å². The van der Waals surface area contributed by atoms with E-state index in [1.165, 1.54) is 0 Å². The molecular weight excluding hydrogens is 315 g/mol. The summed E-state index contributed by atoms with van der Waals surface area (Å²) >= 11 is 13.8. The van der Waals surface area contributed by atoms with E-state index in [-0.39, 0.29) is 5.88 Å². The van der Waals surface area contributed by atoms with Gasteiger partial charge in [-0.3, -0.25) is 0 Å². The fraction of sp³-hybridized carbons (Fsp3) is 0.0714. The predicted molar refractivity (Wildman–Crippen MR) is 84.4 cm³/mol. The SMILES string of the molecule is Cc1ccsc1-c1noc(N)c1-c1ccc(Cl)cc1Cl. The van der Waals surface area contributed by atoms with Crippen molar-refractivity contribution in [1.29, 1.82) is 0 Å². The smallest absolute Gasteiger partial charge is 0.230 e. The van der Waals surface area contributed by atoms with Crippen molar-refractivity contribution in [3.8, 4) is 21.7 Å². The third-order valence-electron chi connectivity index (χ3n) is 3.00. The lowest BCUT2D eigenvalue weighted by Crippen LogP contribution is -1.88. The number of anilines is 1. The number of nitrogens with two attached hydrogens (primary N) is 1. The van der Waals surface area contributed by atoms with Gasteiger partial charge in [-0.15, -0.1) is 11.3 Å². The third kappa shape index (κ3) is 2.20. The van der Waals surface area contributed by atoms with Gasteiger partial charge in [0.2, 0.25) is 5.88 Å². The summed E-state index contributed by atoms with van der Waals surface area (Å²) in [6.07, 6.45) is 0. The molecule has 102 valence electrons. The molecule has 1 aromatic carbocycles. The number of thiophene rings is 1. The Balaban J connectivity index is 2.24. The van der Waals surface area contributed by atoms with E-state index in [2.05, 4.69) is 5.16 Å². The van der Waals surface area contributed by atoms with Crippen LogP contribution in [0.1, 0.15) is 5.56 Å². The Labute approximate surface area is 129 Å². The quantitative estimate of drug-likeness (QED) is 0.698. The number of hydrogen-bond donors (Lipinski definition) is 1. The molecule has 0 aliphatic rings. The van der Waals surface area contributed by atoms with Gasteiger partial charge in [-0.2, -0.15) is 0 Å². The summed E-state index contributed by atoms with van der Waals surface area (Å²) in [5, 5.41) is 7.17. The zero-order chi connectivity index (χ0) is 14.3. The van der Waals surface area contributed by atoms with Crippen LogP contribution < -0.4 is 5.73 Å². The van der Waals surface area contributed by atoms with Gasteiger partial charge in [0.25, 0.3) is 0 Å². The highest BCUT2D eigenvalue weighted by Gasteiger charge is 2.21. The van der Waals surface area contributed by atoms with E-state index in [9.17, 15) is 0 Å². The van der Waals surface area contributed by atoms with E-state index in [0.717, 1.165) is 16.0 Å². The molecule has 0 bridgehead atoms. The molecule has 0 spiro atoms. The Kier molecular flexibility index (Phi) is 3.46. The second-order valence-corrected chi connectivity index (χ2v) is 6.09. The summed E-state index contributed by atoms with van der Waals surface area (Å²) in [5.41, 5.74) is 9.22. The van der Waals surface area contributed by atoms with Crippen LogP contribution in [0.3, 0.4) is 0 Å². The molecule has 0 saturated heterocycles. The Morgan fingerprint density at radius 2 is 2.05 bits per heavy atom. The van der Waals surface area contributed by atoms with Gasteiger partial charge in [-0.25, -0.2) is 0 Å². The minimum atomic E-state index is 0.247. The monoisotopic (exact) mass is 324 g/mol. The zero-order valence-electron chi connectivity index (χ0n) is 10.5. The molecule has 6 heteroatoms. The van der Waals surface area contributed by atoms with Crippen molar-refractivity contribution < 1.29 is 4.52 Å². The number of nitrogens with zero attached hydrogens (tertiary/aromatic N) is 1. The number of benzene rings is 1. The summed E-state index contributed by atoms with van der Waals surface area (Å²) in [4.78, 5) is 1.02. The lowest BCUT2D eigenvalue weighted by molar-refractivity contribution is 0.439. The van der Waals surface area contributed by atoms with Crippen LogP contribution in [-0.4, -0.2) is 5.16 Å². The first-order valence-corrected chi connectivity index (χ1v) is 7.46. The zero-order valence-corrected chi connectivity index (χ0v) is 12.8. The molecule has 0 saturated carbocycles. The minimum Gasteiger partial charge on any atom is -0.367 e. The fourth-order valence-corrected chi connectivity index (χ4v) is 3.44. The molecule has 0 aliphatic carbocycles. The van der Waals surface area contributed by atoms with Crippen LogP contribution in [0.4, 0.5) is 5.88 Å². The van der Waals surface area contributed by atoms with Gasteiger partial charge in [-0.1, -0.05) is 34.4 Å². The van der Waals surface area contributed by atoms with E-state index in [0.29, 0.717) is 21.3 Å². The van der Waals surface area contributed by atoms with Crippen molar-refractivity contribution in [2.24, 2.45) is 0 Å². The summed E-state index contributed by atoms with van der Waals surface area (Å²) in [5.74, 6) is 0.247. The van der Waals surface area contributed by atoms with Gasteiger partial charge in [0.05, 0.1) is 15.5 Å². The molecule has 2 aromatic heterocycles. The van der Waals surface area contributed by atoms with Gasteiger partial charge < -0.3 is 10.3 Å². The molecule has 0 atom stereocenters. The van der Waals surface area contributed by atoms with Crippen molar-refractivity contribution in [1.82, 2.24) is 5.16 Å². The molecule has 0 radical (unpaired) electrons. The molecule has 2 N–H and O–H groups in total. The van der Waals surface area contributed by atoms with E-state index in [1.807, 2.05) is 24.4 Å². The van der Waals surface area contributed by atoms with Crippen LogP contribution >= 0.6 is 34.5 Å². The lowest BCUT2D eigenvalue weighted by atomic mass is 10.0. The van der Waals surface area contributed by atoms with Crippen molar-refractivity contribution in [3.63, 3.8) is 0 Å².